The van der Waals surface area contributed by atoms with Crippen LogP contribution in [0, 0.1) is 0 Å². The van der Waals surface area contributed by atoms with Crippen LogP contribution in [0.15, 0.2) is 53.3 Å². The largest absolute Gasteiger partial charge is 0.382 e. The average Bonchev–Trinajstić information content (AvgIpc) is 2.38. The maximum Gasteiger partial charge on any atom is 0.0757 e. The van der Waals surface area contributed by atoms with Gasteiger partial charge in [0.05, 0.1) is 15.5 Å². The SMILES string of the molecule is ClC(CNc1ccncc1Br)c1ccccc1. The van der Waals surface area contributed by atoms with E-state index in [0.29, 0.717) is 6.54 Å². The molecule has 0 spiro atoms. The molecular weight excluding hydrogens is 300 g/mol. The molecule has 0 fully saturated rings. The highest BCUT2D eigenvalue weighted by molar-refractivity contribution is 9.10. The van der Waals surface area contributed by atoms with E-state index in [4.69, 9.17) is 11.6 Å². The van der Waals surface area contributed by atoms with Crippen LogP contribution in [0.3, 0.4) is 0 Å². The molecular formula is C13H12BrClN2. The van der Waals surface area contributed by atoms with Gasteiger partial charge in [0.2, 0.25) is 0 Å². The molecule has 0 bridgehead atoms. The van der Waals surface area contributed by atoms with Crippen molar-refractivity contribution in [2.24, 2.45) is 0 Å². The molecule has 0 radical (unpaired) electrons. The minimum Gasteiger partial charge on any atom is -0.382 e. The average molecular weight is 312 g/mol. The molecule has 2 rings (SSSR count). The number of alkyl halides is 1. The molecule has 1 aromatic heterocycles. The lowest BCUT2D eigenvalue weighted by atomic mass is 10.1. The molecule has 17 heavy (non-hydrogen) atoms. The van der Waals surface area contributed by atoms with Crippen molar-refractivity contribution in [1.29, 1.82) is 0 Å². The molecule has 0 aliphatic rings. The summed E-state index contributed by atoms with van der Waals surface area (Å²) in [6, 6.07) is 11.9. The van der Waals surface area contributed by atoms with Crippen molar-refractivity contribution >= 4 is 33.2 Å². The van der Waals surface area contributed by atoms with Crippen molar-refractivity contribution in [1.82, 2.24) is 4.98 Å². The summed E-state index contributed by atoms with van der Waals surface area (Å²) in [4.78, 5) is 4.01. The predicted octanol–water partition coefficient (Wildman–Crippen LogP) is 4.24. The lowest BCUT2D eigenvalue weighted by Crippen LogP contribution is -2.08. The van der Waals surface area contributed by atoms with Gasteiger partial charge in [-0.3, -0.25) is 4.98 Å². The first kappa shape index (κ1) is 12.4. The zero-order chi connectivity index (χ0) is 12.1. The van der Waals surface area contributed by atoms with Crippen LogP contribution in [-0.2, 0) is 0 Å². The fourth-order valence-electron chi connectivity index (χ4n) is 1.50. The molecule has 1 N–H and O–H groups in total. The zero-order valence-corrected chi connectivity index (χ0v) is 11.4. The number of anilines is 1. The number of hydrogen-bond donors (Lipinski definition) is 1. The van der Waals surface area contributed by atoms with Gasteiger partial charge in [-0.05, 0) is 27.6 Å². The number of pyridine rings is 1. The summed E-state index contributed by atoms with van der Waals surface area (Å²) in [5.41, 5.74) is 2.12. The molecule has 0 saturated carbocycles. The summed E-state index contributed by atoms with van der Waals surface area (Å²) in [5.74, 6) is 0. The van der Waals surface area contributed by atoms with E-state index < -0.39 is 0 Å². The van der Waals surface area contributed by atoms with Gasteiger partial charge in [-0.1, -0.05) is 30.3 Å². The Morgan fingerprint density at radius 2 is 2.00 bits per heavy atom. The quantitative estimate of drug-likeness (QED) is 0.854. The summed E-state index contributed by atoms with van der Waals surface area (Å²) >= 11 is 9.75. The molecule has 1 unspecified atom stereocenters. The van der Waals surface area contributed by atoms with Gasteiger partial charge >= 0.3 is 0 Å². The Hall–Kier alpha value is -1.06. The highest BCUT2D eigenvalue weighted by atomic mass is 79.9. The van der Waals surface area contributed by atoms with E-state index in [9.17, 15) is 0 Å². The van der Waals surface area contributed by atoms with Crippen molar-refractivity contribution in [3.63, 3.8) is 0 Å². The van der Waals surface area contributed by atoms with E-state index in [2.05, 4.69) is 26.2 Å². The molecule has 1 heterocycles. The molecule has 1 aromatic carbocycles. The zero-order valence-electron chi connectivity index (χ0n) is 9.11. The van der Waals surface area contributed by atoms with Crippen LogP contribution >= 0.6 is 27.5 Å². The second kappa shape index (κ2) is 6.03. The van der Waals surface area contributed by atoms with E-state index in [1.165, 1.54) is 0 Å². The molecule has 0 amide bonds. The molecule has 1 atom stereocenters. The number of nitrogens with one attached hydrogen (secondary N) is 1. The number of hydrogen-bond acceptors (Lipinski definition) is 2. The highest BCUT2D eigenvalue weighted by Gasteiger charge is 2.07. The van der Waals surface area contributed by atoms with Crippen molar-refractivity contribution in [2.75, 3.05) is 11.9 Å². The molecule has 2 nitrogen and oxygen atoms in total. The molecule has 0 saturated heterocycles. The fraction of sp³-hybridized carbons (Fsp3) is 0.154. The van der Waals surface area contributed by atoms with Gasteiger partial charge in [-0.15, -0.1) is 11.6 Å². The minimum atomic E-state index is -0.0451. The third-order valence-electron chi connectivity index (χ3n) is 2.41. The van der Waals surface area contributed by atoms with Gasteiger partial charge < -0.3 is 5.32 Å². The molecule has 0 aliphatic carbocycles. The lowest BCUT2D eigenvalue weighted by Gasteiger charge is -2.13. The highest BCUT2D eigenvalue weighted by Crippen LogP contribution is 2.24. The van der Waals surface area contributed by atoms with Crippen LogP contribution in [0.1, 0.15) is 10.9 Å². The first-order valence-electron chi connectivity index (χ1n) is 5.30. The second-order valence-corrected chi connectivity index (χ2v) is 5.00. The van der Waals surface area contributed by atoms with Gasteiger partial charge in [0.15, 0.2) is 0 Å². The molecule has 2 aromatic rings. The fourth-order valence-corrected chi connectivity index (χ4v) is 2.11. The third-order valence-corrected chi connectivity index (χ3v) is 3.44. The van der Waals surface area contributed by atoms with Crippen LogP contribution in [0.25, 0.3) is 0 Å². The molecule has 4 heteroatoms. The number of benzene rings is 1. The smallest absolute Gasteiger partial charge is 0.0757 e. The van der Waals surface area contributed by atoms with Crippen molar-refractivity contribution in [3.8, 4) is 0 Å². The Kier molecular flexibility index (Phi) is 4.40. The molecule has 88 valence electrons. The van der Waals surface area contributed by atoms with E-state index in [0.717, 1.165) is 15.7 Å². The standard InChI is InChI=1S/C13H12BrClN2/c14-11-8-16-7-6-13(11)17-9-12(15)10-4-2-1-3-5-10/h1-8,12H,9H2,(H,16,17). The van der Waals surface area contributed by atoms with Crippen molar-refractivity contribution in [2.45, 2.75) is 5.38 Å². The van der Waals surface area contributed by atoms with Crippen LogP contribution in [0.5, 0.6) is 0 Å². The Morgan fingerprint density at radius 1 is 1.24 bits per heavy atom. The van der Waals surface area contributed by atoms with Gasteiger partial charge in [-0.25, -0.2) is 0 Å². The normalized spacial score (nSPS) is 12.1. The van der Waals surface area contributed by atoms with E-state index in [1.54, 1.807) is 12.4 Å². The van der Waals surface area contributed by atoms with Crippen LogP contribution < -0.4 is 5.32 Å². The summed E-state index contributed by atoms with van der Waals surface area (Å²) < 4.78 is 0.942. The maximum atomic E-state index is 6.32. The van der Waals surface area contributed by atoms with Crippen molar-refractivity contribution < 1.29 is 0 Å². The Morgan fingerprint density at radius 3 is 2.71 bits per heavy atom. The van der Waals surface area contributed by atoms with Gasteiger partial charge in [0.25, 0.3) is 0 Å². The first-order valence-corrected chi connectivity index (χ1v) is 6.52. The van der Waals surface area contributed by atoms with Gasteiger partial charge in [0.1, 0.15) is 0 Å². The number of aromatic nitrogens is 1. The summed E-state index contributed by atoms with van der Waals surface area (Å²) in [6.07, 6.45) is 3.51. The van der Waals surface area contributed by atoms with Crippen LogP contribution in [0.4, 0.5) is 5.69 Å². The van der Waals surface area contributed by atoms with Crippen LogP contribution in [0.2, 0.25) is 0 Å². The predicted molar refractivity (Wildman–Crippen MR) is 75.5 cm³/mol. The van der Waals surface area contributed by atoms with Crippen molar-refractivity contribution in [3.05, 3.63) is 58.8 Å². The van der Waals surface area contributed by atoms with E-state index in [-0.39, 0.29) is 5.38 Å². The summed E-state index contributed by atoms with van der Waals surface area (Å²) in [5, 5.41) is 3.25. The first-order chi connectivity index (χ1) is 8.27. The van der Waals surface area contributed by atoms with Gasteiger partial charge in [0, 0.05) is 18.9 Å². The molecule has 0 aliphatic heterocycles. The Labute approximate surface area is 114 Å². The van der Waals surface area contributed by atoms with E-state index >= 15 is 0 Å². The Bertz CT molecular complexity index is 476. The summed E-state index contributed by atoms with van der Waals surface area (Å²) in [7, 11) is 0. The number of halogens is 2. The third kappa shape index (κ3) is 3.45. The second-order valence-electron chi connectivity index (χ2n) is 3.61. The Balaban J connectivity index is 1.97. The maximum absolute atomic E-state index is 6.32. The topological polar surface area (TPSA) is 24.9 Å². The monoisotopic (exact) mass is 310 g/mol. The summed E-state index contributed by atoms with van der Waals surface area (Å²) in [6.45, 7) is 0.675. The minimum absolute atomic E-state index is 0.0451. The van der Waals surface area contributed by atoms with Gasteiger partial charge in [-0.2, -0.15) is 0 Å². The number of rotatable bonds is 4. The number of nitrogens with zero attached hydrogens (tertiary/aromatic N) is 1. The van der Waals surface area contributed by atoms with E-state index in [1.807, 2.05) is 36.4 Å². The van der Waals surface area contributed by atoms with Crippen LogP contribution in [-0.4, -0.2) is 11.5 Å². The lowest BCUT2D eigenvalue weighted by molar-refractivity contribution is 0.975.